The molecule has 2 N–H and O–H groups in total. The highest BCUT2D eigenvalue weighted by Gasteiger charge is 2.34. The number of fused-ring (bicyclic) bond motifs is 1. The molecule has 0 fully saturated rings. The van der Waals surface area contributed by atoms with Crippen molar-refractivity contribution in [3.63, 3.8) is 0 Å². The molecule has 2 amide bonds. The third kappa shape index (κ3) is 4.36. The fourth-order valence-electron chi connectivity index (χ4n) is 2.92. The van der Waals surface area contributed by atoms with Crippen LogP contribution in [0.15, 0.2) is 41.4 Å². The highest BCUT2D eigenvalue weighted by atomic mass is 32.1. The van der Waals surface area contributed by atoms with Gasteiger partial charge in [-0.3, -0.25) is 14.5 Å². The molecule has 142 valence electrons. The molecule has 7 heteroatoms. The lowest BCUT2D eigenvalue weighted by atomic mass is 10.1. The summed E-state index contributed by atoms with van der Waals surface area (Å²) in [5.41, 5.74) is 0.958. The molecule has 0 aliphatic carbocycles. The molecule has 2 heterocycles. The molecule has 1 aliphatic rings. The van der Waals surface area contributed by atoms with Crippen LogP contribution in [0.3, 0.4) is 0 Å². The zero-order valence-electron chi connectivity index (χ0n) is 15.6. The minimum atomic E-state index is -0.231. The highest BCUT2D eigenvalue weighted by Crippen LogP contribution is 2.21. The summed E-state index contributed by atoms with van der Waals surface area (Å²) in [6.07, 6.45) is 1.03. The molecule has 0 unspecified atom stereocenters. The predicted molar refractivity (Wildman–Crippen MR) is 108 cm³/mol. The van der Waals surface area contributed by atoms with Crippen molar-refractivity contribution in [2.45, 2.75) is 26.8 Å². The van der Waals surface area contributed by atoms with Crippen molar-refractivity contribution >= 4 is 29.1 Å². The van der Waals surface area contributed by atoms with Crippen LogP contribution in [0, 0.1) is 0 Å². The Kier molecular flexibility index (Phi) is 6.24. The number of imide groups is 1. The first-order chi connectivity index (χ1) is 13.1. The van der Waals surface area contributed by atoms with Gasteiger partial charge in [0.25, 0.3) is 11.8 Å². The molecule has 0 radical (unpaired) electrons. The average Bonchev–Trinajstić information content (AvgIpc) is 3.25. The Morgan fingerprint density at radius 3 is 2.26 bits per heavy atom. The van der Waals surface area contributed by atoms with Gasteiger partial charge in [0.05, 0.1) is 17.7 Å². The summed E-state index contributed by atoms with van der Waals surface area (Å²) in [7, 11) is 0. The van der Waals surface area contributed by atoms with E-state index in [2.05, 4.69) is 34.7 Å². The van der Waals surface area contributed by atoms with Crippen LogP contribution in [0.2, 0.25) is 0 Å². The molecule has 0 saturated carbocycles. The number of carbonyl (C=O) groups is 2. The number of amides is 2. The maximum Gasteiger partial charge on any atom is 0.261 e. The molecule has 1 aliphatic heterocycles. The van der Waals surface area contributed by atoms with Crippen LogP contribution in [-0.4, -0.2) is 42.3 Å². The number of hydrogen-bond donors (Lipinski definition) is 2. The summed E-state index contributed by atoms with van der Waals surface area (Å²) < 4.78 is 0. The average molecular weight is 385 g/mol. The van der Waals surface area contributed by atoms with Gasteiger partial charge in [0, 0.05) is 29.4 Å². The van der Waals surface area contributed by atoms with Crippen LogP contribution in [0.5, 0.6) is 0 Å². The van der Waals surface area contributed by atoms with E-state index in [1.54, 1.807) is 35.6 Å². The molecular weight excluding hydrogens is 360 g/mol. The Balaban J connectivity index is 1.56. The molecule has 0 saturated heterocycles. The van der Waals surface area contributed by atoms with E-state index < -0.39 is 0 Å². The molecule has 0 spiro atoms. The van der Waals surface area contributed by atoms with E-state index in [9.17, 15) is 9.59 Å². The molecule has 1 aromatic carbocycles. The van der Waals surface area contributed by atoms with E-state index in [1.807, 2.05) is 6.92 Å². The van der Waals surface area contributed by atoms with Crippen molar-refractivity contribution < 1.29 is 9.59 Å². The number of rotatable bonds is 7. The molecule has 27 heavy (non-hydrogen) atoms. The third-order valence-electron chi connectivity index (χ3n) is 4.31. The van der Waals surface area contributed by atoms with Gasteiger partial charge < -0.3 is 10.6 Å². The Morgan fingerprint density at radius 1 is 1.00 bits per heavy atom. The summed E-state index contributed by atoms with van der Waals surface area (Å²) in [6, 6.07) is 11.2. The molecule has 6 nitrogen and oxygen atoms in total. The predicted octanol–water partition coefficient (Wildman–Crippen LogP) is 2.66. The highest BCUT2D eigenvalue weighted by molar-refractivity contribution is 7.11. The standard InChI is InChI=1S/C20H24N4O2S/c1-3-14-9-10-15(27-14)13-23-20(21-4-2)22-11-12-24-18(25)16-7-5-6-8-17(16)19(24)26/h5-10H,3-4,11-13H2,1-2H3,(H2,21,22,23). The molecule has 2 aromatic rings. The largest absolute Gasteiger partial charge is 0.357 e. The summed E-state index contributed by atoms with van der Waals surface area (Å²) in [6.45, 7) is 6.24. The van der Waals surface area contributed by atoms with Gasteiger partial charge in [0.2, 0.25) is 0 Å². The monoisotopic (exact) mass is 384 g/mol. The number of hydrogen-bond acceptors (Lipinski definition) is 4. The number of aryl methyl sites for hydroxylation is 1. The molecule has 0 atom stereocenters. The SMILES string of the molecule is CCNC(=NCc1ccc(CC)s1)NCCN1C(=O)c2ccccc2C1=O. The quantitative estimate of drug-likeness (QED) is 0.437. The molecule has 3 rings (SSSR count). The van der Waals surface area contributed by atoms with Crippen molar-refractivity contribution in [1.29, 1.82) is 0 Å². The number of nitrogens with zero attached hydrogens (tertiary/aromatic N) is 2. The van der Waals surface area contributed by atoms with E-state index in [-0.39, 0.29) is 11.8 Å². The lowest BCUT2D eigenvalue weighted by molar-refractivity contribution is 0.0657. The number of nitrogens with one attached hydrogen (secondary N) is 2. The van der Waals surface area contributed by atoms with Crippen molar-refractivity contribution in [1.82, 2.24) is 15.5 Å². The van der Waals surface area contributed by atoms with Gasteiger partial charge in [0.15, 0.2) is 5.96 Å². The van der Waals surface area contributed by atoms with Crippen molar-refractivity contribution in [3.05, 3.63) is 57.3 Å². The summed E-state index contributed by atoms with van der Waals surface area (Å²) in [5, 5.41) is 6.40. The lowest BCUT2D eigenvalue weighted by Gasteiger charge is -2.16. The Morgan fingerprint density at radius 2 is 1.67 bits per heavy atom. The second-order valence-corrected chi connectivity index (χ2v) is 7.40. The van der Waals surface area contributed by atoms with E-state index in [0.717, 1.165) is 13.0 Å². The topological polar surface area (TPSA) is 73.8 Å². The van der Waals surface area contributed by atoms with E-state index >= 15 is 0 Å². The normalized spacial score (nSPS) is 13.9. The third-order valence-corrected chi connectivity index (χ3v) is 5.52. The summed E-state index contributed by atoms with van der Waals surface area (Å²) in [5.74, 6) is 0.218. The molecular formula is C20H24N4O2S. The number of aliphatic imine (C=N–C) groups is 1. The first-order valence-electron chi connectivity index (χ1n) is 9.19. The number of guanidine groups is 1. The number of benzene rings is 1. The zero-order valence-corrected chi connectivity index (χ0v) is 16.4. The lowest BCUT2D eigenvalue weighted by Crippen LogP contribution is -2.43. The van der Waals surface area contributed by atoms with Crippen LogP contribution in [0.25, 0.3) is 0 Å². The maximum absolute atomic E-state index is 12.4. The summed E-state index contributed by atoms with van der Waals surface area (Å²) in [4.78, 5) is 33.2. The van der Waals surface area contributed by atoms with Crippen LogP contribution < -0.4 is 10.6 Å². The van der Waals surface area contributed by atoms with Crippen LogP contribution >= 0.6 is 11.3 Å². The second kappa shape index (κ2) is 8.81. The fraction of sp³-hybridized carbons (Fsp3) is 0.350. The first-order valence-corrected chi connectivity index (χ1v) is 10.0. The maximum atomic E-state index is 12.4. The van der Waals surface area contributed by atoms with Gasteiger partial charge >= 0.3 is 0 Å². The number of carbonyl (C=O) groups excluding carboxylic acids is 2. The Labute approximate surface area is 163 Å². The van der Waals surface area contributed by atoms with E-state index in [0.29, 0.717) is 36.7 Å². The zero-order chi connectivity index (χ0) is 19.2. The molecule has 1 aromatic heterocycles. The van der Waals surface area contributed by atoms with Gasteiger partial charge in [-0.2, -0.15) is 0 Å². The summed E-state index contributed by atoms with van der Waals surface area (Å²) >= 11 is 1.77. The second-order valence-electron chi connectivity index (χ2n) is 6.15. The van der Waals surface area contributed by atoms with Crippen molar-refractivity contribution in [2.24, 2.45) is 4.99 Å². The fourth-order valence-corrected chi connectivity index (χ4v) is 3.81. The van der Waals surface area contributed by atoms with Gasteiger partial charge in [0.1, 0.15) is 0 Å². The van der Waals surface area contributed by atoms with Crippen molar-refractivity contribution in [2.75, 3.05) is 19.6 Å². The van der Waals surface area contributed by atoms with Gasteiger partial charge in [-0.05, 0) is 37.6 Å². The molecule has 0 bridgehead atoms. The van der Waals surface area contributed by atoms with Gasteiger partial charge in [-0.25, -0.2) is 4.99 Å². The van der Waals surface area contributed by atoms with Crippen LogP contribution in [0.1, 0.15) is 44.3 Å². The first kappa shape index (κ1) is 19.1. The number of thiophene rings is 1. The van der Waals surface area contributed by atoms with E-state index in [1.165, 1.54) is 14.7 Å². The Bertz CT molecular complexity index is 824. The van der Waals surface area contributed by atoms with Crippen molar-refractivity contribution in [3.8, 4) is 0 Å². The smallest absolute Gasteiger partial charge is 0.261 e. The Hall–Kier alpha value is -2.67. The van der Waals surface area contributed by atoms with Gasteiger partial charge in [-0.1, -0.05) is 19.1 Å². The minimum absolute atomic E-state index is 0.231. The van der Waals surface area contributed by atoms with Crippen LogP contribution in [0.4, 0.5) is 0 Å². The van der Waals surface area contributed by atoms with E-state index in [4.69, 9.17) is 0 Å². The van der Waals surface area contributed by atoms with Crippen LogP contribution in [-0.2, 0) is 13.0 Å². The van der Waals surface area contributed by atoms with Gasteiger partial charge in [-0.15, -0.1) is 11.3 Å². The minimum Gasteiger partial charge on any atom is -0.357 e.